The highest BCUT2D eigenvalue weighted by Gasteiger charge is 2.44. The first-order valence-electron chi connectivity index (χ1n) is 9.88. The highest BCUT2D eigenvalue weighted by molar-refractivity contribution is 8.01. The molecule has 0 fully saturated rings. The van der Waals surface area contributed by atoms with Crippen LogP contribution in [-0.4, -0.2) is 49.5 Å². The number of nitrogens with zero attached hydrogens (tertiary/aromatic N) is 1. The van der Waals surface area contributed by atoms with Crippen molar-refractivity contribution in [1.82, 2.24) is 0 Å². The lowest BCUT2D eigenvalue weighted by Crippen LogP contribution is -2.47. The van der Waals surface area contributed by atoms with Crippen LogP contribution in [0.4, 0.5) is 4.39 Å². The Morgan fingerprint density at radius 1 is 1.04 bits per heavy atom. The fourth-order valence-electron chi connectivity index (χ4n) is 3.22. The van der Waals surface area contributed by atoms with Gasteiger partial charge in [-0.1, -0.05) is 49.4 Å². The Balaban J connectivity index is 2.41. The molecule has 152 valence electrons. The van der Waals surface area contributed by atoms with E-state index in [1.807, 2.05) is 37.3 Å². The van der Waals surface area contributed by atoms with Gasteiger partial charge < -0.3 is 9.22 Å². The summed E-state index contributed by atoms with van der Waals surface area (Å²) in [5.41, 5.74) is 1.42. The van der Waals surface area contributed by atoms with Crippen molar-refractivity contribution in [3.8, 4) is 0 Å². The molecule has 0 N–H and O–H groups in total. The van der Waals surface area contributed by atoms with Gasteiger partial charge in [0.15, 0.2) is 4.75 Å². The van der Waals surface area contributed by atoms with Gasteiger partial charge in [-0.25, -0.2) is 9.18 Å². The van der Waals surface area contributed by atoms with Gasteiger partial charge in [0, 0.05) is 0 Å². The molecule has 0 bridgehead atoms. The maximum absolute atomic E-state index is 14.1. The summed E-state index contributed by atoms with van der Waals surface area (Å²) in [6.07, 6.45) is 0. The zero-order valence-corrected chi connectivity index (χ0v) is 18.1. The lowest BCUT2D eigenvalue weighted by Gasteiger charge is -2.34. The van der Waals surface area contributed by atoms with E-state index in [1.165, 1.54) is 23.9 Å². The van der Waals surface area contributed by atoms with Crippen molar-refractivity contribution in [3.05, 3.63) is 71.5 Å². The van der Waals surface area contributed by atoms with E-state index in [1.54, 1.807) is 12.1 Å². The number of thioether (sulfide) groups is 1. The van der Waals surface area contributed by atoms with Crippen molar-refractivity contribution in [2.24, 2.45) is 0 Å². The number of esters is 1. The van der Waals surface area contributed by atoms with Crippen LogP contribution in [-0.2, 0) is 14.3 Å². The molecular weight excluding hydrogens is 373 g/mol. The largest absolute Gasteiger partial charge is 0.458 e. The van der Waals surface area contributed by atoms with Crippen LogP contribution >= 0.6 is 11.8 Å². The second kappa shape index (κ2) is 10.1. The molecule has 2 rings (SSSR count). The molecule has 0 aliphatic carbocycles. The Bertz CT molecular complexity index is 764. The van der Waals surface area contributed by atoms with Crippen LogP contribution in [0.1, 0.15) is 31.9 Å². The van der Waals surface area contributed by atoms with Crippen LogP contribution in [0.25, 0.3) is 0 Å². The summed E-state index contributed by atoms with van der Waals surface area (Å²) in [5.74, 6) is -0.00324. The molecule has 0 spiro atoms. The van der Waals surface area contributed by atoms with Crippen LogP contribution in [0.3, 0.4) is 0 Å². The van der Waals surface area contributed by atoms with Gasteiger partial charge in [-0.3, -0.25) is 0 Å². The molecule has 0 radical (unpaired) electrons. The summed E-state index contributed by atoms with van der Waals surface area (Å²) in [4.78, 5) is 13.5. The Morgan fingerprint density at radius 3 is 2.25 bits per heavy atom. The zero-order valence-electron chi connectivity index (χ0n) is 17.3. The van der Waals surface area contributed by atoms with E-state index in [4.69, 9.17) is 4.74 Å². The first-order valence-corrected chi connectivity index (χ1v) is 10.9. The molecule has 28 heavy (non-hydrogen) atoms. The van der Waals surface area contributed by atoms with E-state index >= 15 is 0 Å². The van der Waals surface area contributed by atoms with Gasteiger partial charge in [0.25, 0.3) is 0 Å². The average molecular weight is 405 g/mol. The van der Waals surface area contributed by atoms with Crippen molar-refractivity contribution in [3.63, 3.8) is 0 Å². The summed E-state index contributed by atoms with van der Waals surface area (Å²) < 4.78 is 19.6. The number of likely N-dealkylation sites (N-methyl/N-ethyl adjacent to an activating group) is 1. The molecule has 0 amide bonds. The number of hydrogen-bond donors (Lipinski definition) is 0. The third kappa shape index (κ3) is 4.95. The molecule has 2 aromatic carbocycles. The normalized spacial score (nSPS) is 13.8. The monoisotopic (exact) mass is 404 g/mol. The number of carbonyl (C=O) groups excluding carboxylic acids is 1. The number of halogens is 1. The SMILES string of the molecule is CCSC(C(=O)OCC[N+](C)(CC)CC)(c1ccccc1)c1cccc(F)c1. The second-order valence-electron chi connectivity index (χ2n) is 7.10. The molecule has 0 saturated heterocycles. The second-order valence-corrected chi connectivity index (χ2v) is 8.58. The molecular formula is C23H31FNO2S+. The highest BCUT2D eigenvalue weighted by Crippen LogP contribution is 2.44. The summed E-state index contributed by atoms with van der Waals surface area (Å²) in [6.45, 7) is 9.32. The van der Waals surface area contributed by atoms with Crippen LogP contribution in [0.2, 0.25) is 0 Å². The average Bonchev–Trinajstić information content (AvgIpc) is 2.72. The van der Waals surface area contributed by atoms with Gasteiger partial charge >= 0.3 is 5.97 Å². The zero-order chi connectivity index (χ0) is 20.6. The fourth-order valence-corrected chi connectivity index (χ4v) is 4.43. The number of quaternary nitrogens is 1. The van der Waals surface area contributed by atoms with E-state index in [0.717, 1.165) is 29.7 Å². The van der Waals surface area contributed by atoms with E-state index in [2.05, 4.69) is 20.9 Å². The first kappa shape index (κ1) is 22.4. The number of carbonyl (C=O) groups is 1. The highest BCUT2D eigenvalue weighted by atomic mass is 32.2. The third-order valence-electron chi connectivity index (χ3n) is 5.45. The molecule has 5 heteroatoms. The van der Waals surface area contributed by atoms with Crippen molar-refractivity contribution < 1.29 is 18.4 Å². The maximum Gasteiger partial charge on any atom is 0.331 e. The number of rotatable bonds is 10. The van der Waals surface area contributed by atoms with Gasteiger partial charge in [-0.05, 0) is 42.9 Å². The number of benzene rings is 2. The first-order chi connectivity index (χ1) is 13.4. The van der Waals surface area contributed by atoms with Gasteiger partial charge in [-0.15, -0.1) is 11.8 Å². The van der Waals surface area contributed by atoms with E-state index < -0.39 is 4.75 Å². The lowest BCUT2D eigenvalue weighted by molar-refractivity contribution is -0.906. The summed E-state index contributed by atoms with van der Waals surface area (Å²) in [7, 11) is 2.16. The van der Waals surface area contributed by atoms with E-state index in [9.17, 15) is 9.18 Å². The molecule has 0 saturated carbocycles. The standard InChI is InChI=1S/C23H31FNO2S/c1-5-25(4,6-2)16-17-27-22(26)23(28-7-3,19-12-9-8-10-13-19)20-14-11-15-21(24)18-20/h8-15,18H,5-7,16-17H2,1-4H3/q+1. The molecule has 1 unspecified atom stereocenters. The summed E-state index contributed by atoms with van der Waals surface area (Å²) >= 11 is 1.47. The van der Waals surface area contributed by atoms with Crippen molar-refractivity contribution in [2.75, 3.05) is 39.0 Å². The minimum Gasteiger partial charge on any atom is -0.458 e. The van der Waals surface area contributed by atoms with E-state index in [-0.39, 0.29) is 11.8 Å². The van der Waals surface area contributed by atoms with Crippen molar-refractivity contribution in [1.29, 1.82) is 0 Å². The van der Waals surface area contributed by atoms with Crippen LogP contribution in [0.15, 0.2) is 54.6 Å². The summed E-state index contributed by atoms with van der Waals surface area (Å²) in [6, 6.07) is 15.8. The van der Waals surface area contributed by atoms with Crippen LogP contribution < -0.4 is 0 Å². The minimum atomic E-state index is -1.08. The fraction of sp³-hybridized carbons (Fsp3) is 0.435. The maximum atomic E-state index is 14.1. The predicted molar refractivity (Wildman–Crippen MR) is 115 cm³/mol. The Kier molecular flexibility index (Phi) is 8.08. The van der Waals surface area contributed by atoms with Gasteiger partial charge in [0.05, 0.1) is 20.1 Å². The van der Waals surface area contributed by atoms with Crippen molar-refractivity contribution in [2.45, 2.75) is 25.5 Å². The Hall–Kier alpha value is -1.85. The van der Waals surface area contributed by atoms with Crippen molar-refractivity contribution >= 4 is 17.7 Å². The molecule has 0 aliphatic heterocycles. The van der Waals surface area contributed by atoms with Gasteiger partial charge in [0.2, 0.25) is 0 Å². The predicted octanol–water partition coefficient (Wildman–Crippen LogP) is 4.85. The number of hydrogen-bond acceptors (Lipinski definition) is 3. The van der Waals surface area contributed by atoms with Gasteiger partial charge in [0.1, 0.15) is 19.0 Å². The van der Waals surface area contributed by atoms with Crippen LogP contribution in [0, 0.1) is 5.82 Å². The smallest absolute Gasteiger partial charge is 0.331 e. The Labute approximate surface area is 172 Å². The molecule has 2 aromatic rings. The van der Waals surface area contributed by atoms with Gasteiger partial charge in [-0.2, -0.15) is 0 Å². The molecule has 0 aliphatic rings. The molecule has 0 heterocycles. The molecule has 1 atom stereocenters. The molecule has 3 nitrogen and oxygen atoms in total. The third-order valence-corrected chi connectivity index (χ3v) is 6.81. The quantitative estimate of drug-likeness (QED) is 0.418. The summed E-state index contributed by atoms with van der Waals surface area (Å²) in [5, 5.41) is 0. The van der Waals surface area contributed by atoms with Crippen LogP contribution in [0.5, 0.6) is 0 Å². The minimum absolute atomic E-state index is 0.338. The number of ether oxygens (including phenoxy) is 1. The molecule has 0 aromatic heterocycles. The van der Waals surface area contributed by atoms with E-state index in [0.29, 0.717) is 17.9 Å². The lowest BCUT2D eigenvalue weighted by atomic mass is 9.90. The topological polar surface area (TPSA) is 26.3 Å². The Morgan fingerprint density at radius 2 is 1.68 bits per heavy atom.